The summed E-state index contributed by atoms with van der Waals surface area (Å²) in [5.41, 5.74) is 1.60. The molecular formula is C22H25NO2. The van der Waals surface area contributed by atoms with Crippen LogP contribution in [0, 0.1) is 17.3 Å². The van der Waals surface area contributed by atoms with Crippen LogP contribution in [0.1, 0.15) is 42.9 Å². The van der Waals surface area contributed by atoms with E-state index in [1.165, 1.54) is 12.0 Å². The molecule has 0 saturated heterocycles. The Hall–Kier alpha value is -2.13. The molecule has 4 rings (SSSR count). The van der Waals surface area contributed by atoms with Crippen LogP contribution in [0.3, 0.4) is 0 Å². The van der Waals surface area contributed by atoms with Gasteiger partial charge in [-0.1, -0.05) is 67.1 Å². The Labute approximate surface area is 149 Å². The van der Waals surface area contributed by atoms with Crippen LogP contribution >= 0.6 is 0 Å². The summed E-state index contributed by atoms with van der Waals surface area (Å²) in [6.07, 6.45) is 4.12. The highest BCUT2D eigenvalue weighted by Gasteiger charge is 2.60. The van der Waals surface area contributed by atoms with Gasteiger partial charge in [-0.05, 0) is 42.2 Å². The van der Waals surface area contributed by atoms with Gasteiger partial charge in [0, 0.05) is 12.6 Å². The van der Waals surface area contributed by atoms with E-state index >= 15 is 0 Å². The van der Waals surface area contributed by atoms with Crippen molar-refractivity contribution < 1.29 is 9.90 Å². The minimum Gasteiger partial charge on any atom is -0.481 e. The summed E-state index contributed by atoms with van der Waals surface area (Å²) in [4.78, 5) is 12.5. The number of carbonyl (C=O) groups is 1. The summed E-state index contributed by atoms with van der Waals surface area (Å²) in [6, 6.07) is 20.2. The van der Waals surface area contributed by atoms with Crippen molar-refractivity contribution in [1.29, 1.82) is 0 Å². The topological polar surface area (TPSA) is 49.3 Å². The SMILES string of the molecule is O=C(O)[C@]1([C@@H](NCc2ccccc2)c2ccccc2)C[C@H]2CC[C@@H]1C2. The average molecular weight is 335 g/mol. The molecule has 0 unspecified atom stereocenters. The molecule has 25 heavy (non-hydrogen) atoms. The van der Waals surface area contributed by atoms with Crippen molar-refractivity contribution in [3.8, 4) is 0 Å². The second kappa shape index (κ2) is 6.64. The van der Waals surface area contributed by atoms with Crippen molar-refractivity contribution in [2.75, 3.05) is 0 Å². The fourth-order valence-electron chi connectivity index (χ4n) is 5.17. The summed E-state index contributed by atoms with van der Waals surface area (Å²) in [5.74, 6) is 0.225. The van der Waals surface area contributed by atoms with E-state index in [0.717, 1.165) is 24.8 Å². The van der Waals surface area contributed by atoms with Crippen LogP contribution in [0.4, 0.5) is 0 Å². The van der Waals surface area contributed by atoms with Crippen molar-refractivity contribution in [3.05, 3.63) is 71.8 Å². The first kappa shape index (κ1) is 16.3. The lowest BCUT2D eigenvalue weighted by atomic mass is 9.66. The van der Waals surface area contributed by atoms with Crippen molar-refractivity contribution in [1.82, 2.24) is 5.32 Å². The van der Waals surface area contributed by atoms with Crippen LogP contribution in [0.5, 0.6) is 0 Å². The summed E-state index contributed by atoms with van der Waals surface area (Å²) in [6.45, 7) is 0.687. The minimum absolute atomic E-state index is 0.151. The predicted octanol–water partition coefficient (Wildman–Crippen LogP) is 4.41. The molecule has 2 N–H and O–H groups in total. The lowest BCUT2D eigenvalue weighted by molar-refractivity contribution is -0.155. The van der Waals surface area contributed by atoms with Crippen LogP contribution in [0.15, 0.2) is 60.7 Å². The third kappa shape index (κ3) is 2.87. The average Bonchev–Trinajstić information content (AvgIpc) is 3.26. The molecule has 0 aromatic heterocycles. The van der Waals surface area contributed by atoms with E-state index in [0.29, 0.717) is 12.5 Å². The van der Waals surface area contributed by atoms with E-state index < -0.39 is 11.4 Å². The number of benzene rings is 2. The fraction of sp³-hybridized carbons (Fsp3) is 0.409. The second-order valence-corrected chi connectivity index (χ2v) is 7.64. The number of hydrogen-bond acceptors (Lipinski definition) is 2. The van der Waals surface area contributed by atoms with Gasteiger partial charge in [0.1, 0.15) is 0 Å². The Morgan fingerprint density at radius 3 is 2.32 bits per heavy atom. The molecule has 2 aliphatic rings. The van der Waals surface area contributed by atoms with Gasteiger partial charge in [0.05, 0.1) is 5.41 Å². The van der Waals surface area contributed by atoms with Gasteiger partial charge in [-0.3, -0.25) is 4.79 Å². The Kier molecular flexibility index (Phi) is 4.34. The third-order valence-corrected chi connectivity index (χ3v) is 6.30. The number of carboxylic acids is 1. The standard InChI is InChI=1S/C22H25NO2/c24-21(25)22(14-17-11-12-19(22)13-17)20(18-9-5-2-6-10-18)23-15-16-7-3-1-4-8-16/h1-10,17,19-20,23H,11-15H2,(H,24,25)/t17-,19+,20-,22+/m0/s1. The fourth-order valence-corrected chi connectivity index (χ4v) is 5.17. The van der Waals surface area contributed by atoms with Gasteiger partial charge < -0.3 is 10.4 Å². The van der Waals surface area contributed by atoms with Gasteiger partial charge in [0.25, 0.3) is 0 Å². The third-order valence-electron chi connectivity index (χ3n) is 6.30. The highest BCUT2D eigenvalue weighted by molar-refractivity contribution is 5.77. The zero-order chi connectivity index (χ0) is 17.3. The Morgan fingerprint density at radius 1 is 1.08 bits per heavy atom. The Balaban J connectivity index is 1.68. The molecule has 130 valence electrons. The normalized spacial score (nSPS) is 28.8. The summed E-state index contributed by atoms with van der Waals surface area (Å²) >= 11 is 0. The lowest BCUT2D eigenvalue weighted by Gasteiger charge is -2.41. The zero-order valence-corrected chi connectivity index (χ0v) is 14.4. The van der Waals surface area contributed by atoms with Crippen LogP contribution in [-0.4, -0.2) is 11.1 Å². The van der Waals surface area contributed by atoms with Gasteiger partial charge in [-0.25, -0.2) is 0 Å². The van der Waals surface area contributed by atoms with E-state index in [-0.39, 0.29) is 12.0 Å². The molecule has 2 aromatic carbocycles. The monoisotopic (exact) mass is 335 g/mol. The Morgan fingerprint density at radius 2 is 1.76 bits per heavy atom. The highest BCUT2D eigenvalue weighted by Crippen LogP contribution is 2.61. The van der Waals surface area contributed by atoms with E-state index in [1.807, 2.05) is 36.4 Å². The molecule has 2 bridgehead atoms. The highest BCUT2D eigenvalue weighted by atomic mass is 16.4. The molecule has 0 aliphatic heterocycles. The molecule has 0 amide bonds. The number of hydrogen-bond donors (Lipinski definition) is 2. The van der Waals surface area contributed by atoms with E-state index in [2.05, 4.69) is 29.6 Å². The van der Waals surface area contributed by atoms with Crippen molar-refractivity contribution in [3.63, 3.8) is 0 Å². The molecule has 0 radical (unpaired) electrons. The van der Waals surface area contributed by atoms with Gasteiger partial charge in [-0.2, -0.15) is 0 Å². The smallest absolute Gasteiger partial charge is 0.311 e. The van der Waals surface area contributed by atoms with Crippen LogP contribution in [0.25, 0.3) is 0 Å². The van der Waals surface area contributed by atoms with Crippen LogP contribution in [0.2, 0.25) is 0 Å². The summed E-state index contributed by atoms with van der Waals surface area (Å²) in [5, 5.41) is 13.9. The maximum absolute atomic E-state index is 12.5. The van der Waals surface area contributed by atoms with Gasteiger partial charge in [0.2, 0.25) is 0 Å². The molecule has 3 nitrogen and oxygen atoms in total. The maximum Gasteiger partial charge on any atom is 0.311 e. The largest absolute Gasteiger partial charge is 0.481 e. The van der Waals surface area contributed by atoms with E-state index in [9.17, 15) is 9.90 Å². The van der Waals surface area contributed by atoms with Gasteiger partial charge in [-0.15, -0.1) is 0 Å². The van der Waals surface area contributed by atoms with E-state index in [1.54, 1.807) is 0 Å². The quantitative estimate of drug-likeness (QED) is 0.822. The molecule has 2 saturated carbocycles. The number of rotatable bonds is 6. The summed E-state index contributed by atoms with van der Waals surface area (Å²) < 4.78 is 0. The van der Waals surface area contributed by atoms with Gasteiger partial charge >= 0.3 is 5.97 Å². The van der Waals surface area contributed by atoms with Crippen molar-refractivity contribution in [2.45, 2.75) is 38.3 Å². The number of aliphatic carboxylic acids is 1. The second-order valence-electron chi connectivity index (χ2n) is 7.64. The maximum atomic E-state index is 12.5. The van der Waals surface area contributed by atoms with Crippen molar-refractivity contribution >= 4 is 5.97 Å². The summed E-state index contributed by atoms with van der Waals surface area (Å²) in [7, 11) is 0. The first-order valence-electron chi connectivity index (χ1n) is 9.26. The Bertz CT molecular complexity index is 730. The number of fused-ring (bicyclic) bond motifs is 2. The van der Waals surface area contributed by atoms with Gasteiger partial charge in [0.15, 0.2) is 0 Å². The number of carboxylic acid groups (broad SMARTS) is 1. The zero-order valence-electron chi connectivity index (χ0n) is 14.4. The first-order valence-corrected chi connectivity index (χ1v) is 9.26. The molecule has 2 aromatic rings. The molecule has 4 atom stereocenters. The van der Waals surface area contributed by atoms with Crippen molar-refractivity contribution in [2.24, 2.45) is 17.3 Å². The predicted molar refractivity (Wildman–Crippen MR) is 98.0 cm³/mol. The van der Waals surface area contributed by atoms with E-state index in [4.69, 9.17) is 0 Å². The molecular weight excluding hydrogens is 310 g/mol. The lowest BCUT2D eigenvalue weighted by Crippen LogP contribution is -2.47. The van der Waals surface area contributed by atoms with Crippen LogP contribution < -0.4 is 5.32 Å². The minimum atomic E-state index is -0.681. The molecule has 3 heteroatoms. The molecule has 2 fully saturated rings. The van der Waals surface area contributed by atoms with Crippen LogP contribution in [-0.2, 0) is 11.3 Å². The molecule has 0 heterocycles. The number of nitrogens with one attached hydrogen (secondary N) is 1. The molecule has 0 spiro atoms. The first-order chi connectivity index (χ1) is 12.2. The molecule has 2 aliphatic carbocycles.